The van der Waals surface area contributed by atoms with Crippen LogP contribution in [0.3, 0.4) is 0 Å². The van der Waals surface area contributed by atoms with Crippen molar-refractivity contribution in [3.05, 3.63) is 24.9 Å². The van der Waals surface area contributed by atoms with E-state index < -0.39 is 0 Å². The highest BCUT2D eigenvalue weighted by Crippen LogP contribution is 2.22. The van der Waals surface area contributed by atoms with Crippen LogP contribution in [0.25, 0.3) is 11.3 Å². The molecule has 13 heavy (non-hydrogen) atoms. The quantitative estimate of drug-likeness (QED) is 0.683. The van der Waals surface area contributed by atoms with Crippen LogP contribution in [-0.4, -0.2) is 19.7 Å². The average Bonchev–Trinajstić information content (AvgIpc) is 2.48. The maximum atomic E-state index is 5.73. The summed E-state index contributed by atoms with van der Waals surface area (Å²) >= 11 is 0. The molecule has 0 atom stereocenters. The van der Waals surface area contributed by atoms with Crippen LogP contribution in [0.15, 0.2) is 24.9 Å². The molecule has 0 radical (unpaired) electrons. The van der Waals surface area contributed by atoms with Crippen molar-refractivity contribution in [3.8, 4) is 11.3 Å². The van der Waals surface area contributed by atoms with Gasteiger partial charge in [0, 0.05) is 25.0 Å². The van der Waals surface area contributed by atoms with Crippen molar-refractivity contribution in [1.29, 1.82) is 0 Å². The second kappa shape index (κ2) is 2.85. The van der Waals surface area contributed by atoms with Crippen molar-refractivity contribution in [2.75, 3.05) is 5.73 Å². The molecule has 0 unspecified atom stereocenters. The molecule has 0 aliphatic carbocycles. The number of rotatable bonds is 1. The minimum Gasteiger partial charge on any atom is -0.396 e. The summed E-state index contributed by atoms with van der Waals surface area (Å²) in [5.41, 5.74) is 8.09. The minimum absolute atomic E-state index is 0.636. The predicted molar refractivity (Wildman–Crippen MR) is 48.6 cm³/mol. The van der Waals surface area contributed by atoms with Crippen LogP contribution >= 0.6 is 0 Å². The summed E-state index contributed by atoms with van der Waals surface area (Å²) in [6.45, 7) is 0. The normalized spacial score (nSPS) is 10.2. The number of nitrogens with zero attached hydrogens (tertiary/aromatic N) is 4. The molecule has 0 saturated carbocycles. The van der Waals surface area contributed by atoms with Crippen molar-refractivity contribution in [2.45, 2.75) is 0 Å². The Hall–Kier alpha value is -1.91. The lowest BCUT2D eigenvalue weighted by molar-refractivity contribution is 0.775. The molecule has 66 valence electrons. The van der Waals surface area contributed by atoms with Gasteiger partial charge in [-0.1, -0.05) is 0 Å². The van der Waals surface area contributed by atoms with Crippen LogP contribution in [0.2, 0.25) is 0 Å². The van der Waals surface area contributed by atoms with Crippen molar-refractivity contribution in [3.63, 3.8) is 0 Å². The third-order valence-corrected chi connectivity index (χ3v) is 1.80. The first-order valence-electron chi connectivity index (χ1n) is 3.82. The topological polar surface area (TPSA) is 69.6 Å². The number of aromatic nitrogens is 4. The molecular weight excluding hydrogens is 166 g/mol. The fraction of sp³-hybridized carbons (Fsp3) is 0.125. The van der Waals surface area contributed by atoms with Crippen LogP contribution < -0.4 is 5.73 Å². The van der Waals surface area contributed by atoms with Gasteiger partial charge in [0.15, 0.2) is 0 Å². The lowest BCUT2D eigenvalue weighted by Crippen LogP contribution is -1.96. The van der Waals surface area contributed by atoms with E-state index in [1.807, 2.05) is 7.05 Å². The molecule has 2 aromatic heterocycles. The van der Waals surface area contributed by atoms with Gasteiger partial charge in [-0.3, -0.25) is 4.68 Å². The molecule has 0 aliphatic heterocycles. The van der Waals surface area contributed by atoms with E-state index in [4.69, 9.17) is 5.73 Å². The van der Waals surface area contributed by atoms with E-state index in [2.05, 4.69) is 15.1 Å². The Balaban J connectivity index is 2.59. The Morgan fingerprint density at radius 3 is 2.46 bits per heavy atom. The van der Waals surface area contributed by atoms with Gasteiger partial charge in [0.05, 0.1) is 17.6 Å². The maximum absolute atomic E-state index is 5.73. The molecule has 5 nitrogen and oxygen atoms in total. The van der Waals surface area contributed by atoms with Gasteiger partial charge >= 0.3 is 0 Å². The standard InChI is InChI=1S/C8H9N5/c1-13-8(7(9)4-12-13)6-2-10-5-11-3-6/h2-5H,9H2,1H3. The number of anilines is 1. The molecule has 2 aromatic rings. The van der Waals surface area contributed by atoms with Crippen molar-refractivity contribution in [2.24, 2.45) is 7.05 Å². The van der Waals surface area contributed by atoms with Crippen LogP contribution in [0.5, 0.6) is 0 Å². The first kappa shape index (κ1) is 7.72. The molecule has 0 bridgehead atoms. The monoisotopic (exact) mass is 175 g/mol. The smallest absolute Gasteiger partial charge is 0.115 e. The Morgan fingerprint density at radius 1 is 1.23 bits per heavy atom. The highest BCUT2D eigenvalue weighted by molar-refractivity contribution is 5.70. The summed E-state index contributed by atoms with van der Waals surface area (Å²) in [7, 11) is 1.83. The second-order valence-corrected chi connectivity index (χ2v) is 2.70. The Kier molecular flexibility index (Phi) is 1.70. The minimum atomic E-state index is 0.636. The average molecular weight is 175 g/mol. The zero-order valence-corrected chi connectivity index (χ0v) is 7.18. The van der Waals surface area contributed by atoms with E-state index in [9.17, 15) is 0 Å². The van der Waals surface area contributed by atoms with Gasteiger partial charge in [-0.25, -0.2) is 9.97 Å². The first-order chi connectivity index (χ1) is 6.29. The summed E-state index contributed by atoms with van der Waals surface area (Å²) in [5, 5.41) is 4.03. The Morgan fingerprint density at radius 2 is 1.92 bits per heavy atom. The molecule has 0 fully saturated rings. The lowest BCUT2D eigenvalue weighted by atomic mass is 10.2. The SMILES string of the molecule is Cn1ncc(N)c1-c1cncnc1. The molecule has 2 N–H and O–H groups in total. The van der Waals surface area contributed by atoms with E-state index in [0.717, 1.165) is 11.3 Å². The molecule has 0 aliphatic rings. The van der Waals surface area contributed by atoms with E-state index in [0.29, 0.717) is 5.69 Å². The molecule has 0 saturated heterocycles. The fourth-order valence-electron chi connectivity index (χ4n) is 1.23. The van der Waals surface area contributed by atoms with Crippen LogP contribution in [0, 0.1) is 0 Å². The van der Waals surface area contributed by atoms with Gasteiger partial charge in [0.25, 0.3) is 0 Å². The van der Waals surface area contributed by atoms with Gasteiger partial charge in [-0.15, -0.1) is 0 Å². The third-order valence-electron chi connectivity index (χ3n) is 1.80. The van der Waals surface area contributed by atoms with Gasteiger partial charge in [0.2, 0.25) is 0 Å². The number of nitrogens with two attached hydrogens (primary N) is 1. The number of hydrogen-bond donors (Lipinski definition) is 1. The number of nitrogen functional groups attached to an aromatic ring is 1. The summed E-state index contributed by atoms with van der Waals surface area (Å²) in [6, 6.07) is 0. The van der Waals surface area contributed by atoms with E-state index in [1.54, 1.807) is 23.3 Å². The first-order valence-corrected chi connectivity index (χ1v) is 3.82. The zero-order valence-electron chi connectivity index (χ0n) is 7.18. The Labute approximate surface area is 75.2 Å². The highest BCUT2D eigenvalue weighted by Gasteiger charge is 2.07. The molecule has 2 heterocycles. The van der Waals surface area contributed by atoms with Crippen LogP contribution in [-0.2, 0) is 7.05 Å². The van der Waals surface area contributed by atoms with Crippen molar-refractivity contribution < 1.29 is 0 Å². The van der Waals surface area contributed by atoms with E-state index in [1.165, 1.54) is 6.33 Å². The molecule has 5 heteroatoms. The van der Waals surface area contributed by atoms with Gasteiger partial charge in [-0.2, -0.15) is 5.10 Å². The zero-order chi connectivity index (χ0) is 9.26. The highest BCUT2D eigenvalue weighted by atomic mass is 15.3. The Bertz CT molecular complexity index is 386. The largest absolute Gasteiger partial charge is 0.396 e. The predicted octanol–water partition coefficient (Wildman–Crippen LogP) is 0.459. The molecule has 0 aromatic carbocycles. The lowest BCUT2D eigenvalue weighted by Gasteiger charge is -2.01. The fourth-order valence-corrected chi connectivity index (χ4v) is 1.23. The number of aryl methyl sites for hydroxylation is 1. The van der Waals surface area contributed by atoms with Crippen LogP contribution in [0.1, 0.15) is 0 Å². The molecular formula is C8H9N5. The number of hydrogen-bond acceptors (Lipinski definition) is 4. The summed E-state index contributed by atoms with van der Waals surface area (Å²) < 4.78 is 1.70. The summed E-state index contributed by atoms with van der Waals surface area (Å²) in [6.07, 6.45) is 6.51. The van der Waals surface area contributed by atoms with E-state index in [-0.39, 0.29) is 0 Å². The molecule has 0 spiro atoms. The third kappa shape index (κ3) is 1.24. The van der Waals surface area contributed by atoms with Crippen molar-refractivity contribution in [1.82, 2.24) is 19.7 Å². The molecule has 2 rings (SSSR count). The van der Waals surface area contributed by atoms with Gasteiger partial charge < -0.3 is 5.73 Å². The second-order valence-electron chi connectivity index (χ2n) is 2.70. The van der Waals surface area contributed by atoms with Crippen molar-refractivity contribution >= 4 is 5.69 Å². The molecule has 0 amide bonds. The van der Waals surface area contributed by atoms with Crippen LogP contribution in [0.4, 0.5) is 5.69 Å². The van der Waals surface area contributed by atoms with Gasteiger partial charge in [0.1, 0.15) is 6.33 Å². The van der Waals surface area contributed by atoms with E-state index >= 15 is 0 Å². The maximum Gasteiger partial charge on any atom is 0.115 e. The summed E-state index contributed by atoms with van der Waals surface area (Å²) in [4.78, 5) is 7.83. The summed E-state index contributed by atoms with van der Waals surface area (Å²) in [5.74, 6) is 0. The van der Waals surface area contributed by atoms with Gasteiger partial charge in [-0.05, 0) is 0 Å².